The van der Waals surface area contributed by atoms with Gasteiger partial charge in [0.1, 0.15) is 0 Å². The zero-order valence-electron chi connectivity index (χ0n) is 19.5. The van der Waals surface area contributed by atoms with Crippen LogP contribution in [0.3, 0.4) is 0 Å². The predicted octanol–water partition coefficient (Wildman–Crippen LogP) is 5.94. The lowest BCUT2D eigenvalue weighted by Crippen LogP contribution is -2.64. The van der Waals surface area contributed by atoms with Gasteiger partial charge in [0, 0.05) is 23.7 Å². The zero-order chi connectivity index (χ0) is 20.8. The second kappa shape index (κ2) is 9.70. The monoisotopic (exact) mass is 464 g/mol. The van der Waals surface area contributed by atoms with Gasteiger partial charge in [0.25, 0.3) is 0 Å². The highest BCUT2D eigenvalue weighted by Gasteiger charge is 2.56. The SMILES string of the molecule is Cc1ccc(N)c2c1C1(C)CCN(CC(C)OCc3ccccc3)C(C2)C1(C)C.Cl.Cl. The third kappa shape index (κ3) is 4.48. The quantitative estimate of drug-likeness (QED) is 0.556. The van der Waals surface area contributed by atoms with Gasteiger partial charge in [0.2, 0.25) is 0 Å². The van der Waals surface area contributed by atoms with E-state index in [4.69, 9.17) is 10.5 Å². The molecule has 0 amide bonds. The maximum atomic E-state index is 6.48. The number of rotatable bonds is 5. The first-order valence-corrected chi connectivity index (χ1v) is 11.0. The largest absolute Gasteiger partial charge is 0.398 e. The van der Waals surface area contributed by atoms with Gasteiger partial charge in [-0.15, -0.1) is 24.8 Å². The summed E-state index contributed by atoms with van der Waals surface area (Å²) >= 11 is 0. The number of piperidine rings is 1. The Morgan fingerprint density at radius 2 is 1.77 bits per heavy atom. The van der Waals surface area contributed by atoms with Gasteiger partial charge >= 0.3 is 0 Å². The number of nitrogen functional groups attached to an aromatic ring is 1. The van der Waals surface area contributed by atoms with E-state index >= 15 is 0 Å². The number of benzene rings is 2. The van der Waals surface area contributed by atoms with E-state index in [-0.39, 0.29) is 41.7 Å². The van der Waals surface area contributed by atoms with Crippen molar-refractivity contribution in [1.82, 2.24) is 4.90 Å². The highest BCUT2D eigenvalue weighted by molar-refractivity contribution is 5.85. The lowest BCUT2D eigenvalue weighted by atomic mass is 9.50. The average Bonchev–Trinajstić information content (AvgIpc) is 2.68. The van der Waals surface area contributed by atoms with Crippen molar-refractivity contribution in [3.05, 3.63) is 64.7 Å². The maximum absolute atomic E-state index is 6.48. The van der Waals surface area contributed by atoms with E-state index < -0.39 is 0 Å². The molecule has 1 aliphatic carbocycles. The molecular formula is C26H38Cl2N2O. The molecule has 2 N–H and O–H groups in total. The molecular weight excluding hydrogens is 427 g/mol. The summed E-state index contributed by atoms with van der Waals surface area (Å²) in [5.41, 5.74) is 13.3. The lowest BCUT2D eigenvalue weighted by Gasteiger charge is -2.61. The van der Waals surface area contributed by atoms with Crippen molar-refractivity contribution in [1.29, 1.82) is 0 Å². The number of hydrogen-bond donors (Lipinski definition) is 1. The summed E-state index contributed by atoms with van der Waals surface area (Å²) in [7, 11) is 0. The first kappa shape index (κ1) is 26.0. The van der Waals surface area contributed by atoms with Gasteiger partial charge < -0.3 is 10.5 Å². The van der Waals surface area contributed by atoms with Gasteiger partial charge in [-0.05, 0) is 67.0 Å². The van der Waals surface area contributed by atoms with Crippen LogP contribution in [0.25, 0.3) is 0 Å². The van der Waals surface area contributed by atoms with Crippen LogP contribution in [-0.4, -0.2) is 30.1 Å². The topological polar surface area (TPSA) is 38.5 Å². The first-order valence-electron chi connectivity index (χ1n) is 11.0. The maximum Gasteiger partial charge on any atom is 0.0721 e. The summed E-state index contributed by atoms with van der Waals surface area (Å²) in [6.07, 6.45) is 2.40. The highest BCUT2D eigenvalue weighted by Crippen LogP contribution is 2.57. The van der Waals surface area contributed by atoms with Crippen LogP contribution >= 0.6 is 24.8 Å². The molecule has 2 bridgehead atoms. The van der Waals surface area contributed by atoms with E-state index in [1.165, 1.54) is 28.7 Å². The number of anilines is 1. The average molecular weight is 466 g/mol. The molecule has 0 saturated carbocycles. The van der Waals surface area contributed by atoms with Crippen LogP contribution in [-0.2, 0) is 23.2 Å². The van der Waals surface area contributed by atoms with E-state index in [9.17, 15) is 0 Å². The van der Waals surface area contributed by atoms with Crippen LogP contribution in [0.2, 0.25) is 0 Å². The van der Waals surface area contributed by atoms with Crippen molar-refractivity contribution in [2.24, 2.45) is 5.41 Å². The van der Waals surface area contributed by atoms with Crippen molar-refractivity contribution in [2.75, 3.05) is 18.8 Å². The van der Waals surface area contributed by atoms with Crippen molar-refractivity contribution in [2.45, 2.75) is 71.6 Å². The first-order chi connectivity index (χ1) is 13.7. The summed E-state index contributed by atoms with van der Waals surface area (Å²) in [4.78, 5) is 2.67. The van der Waals surface area contributed by atoms with Crippen molar-refractivity contribution >= 4 is 30.5 Å². The van der Waals surface area contributed by atoms with Gasteiger partial charge in [0.05, 0.1) is 12.7 Å². The number of aryl methyl sites for hydroxylation is 1. The molecule has 5 heteroatoms. The molecule has 0 spiro atoms. The van der Waals surface area contributed by atoms with Gasteiger partial charge in [-0.2, -0.15) is 0 Å². The second-order valence-corrected chi connectivity index (χ2v) is 9.95. The number of nitrogens with two attached hydrogens (primary N) is 1. The molecule has 0 aromatic heterocycles. The van der Waals surface area contributed by atoms with Crippen LogP contribution < -0.4 is 5.73 Å². The Morgan fingerprint density at radius 3 is 2.45 bits per heavy atom. The van der Waals surface area contributed by atoms with E-state index in [0.717, 1.165) is 25.2 Å². The number of fused-ring (bicyclic) bond motifs is 4. The van der Waals surface area contributed by atoms with Crippen molar-refractivity contribution in [3.8, 4) is 0 Å². The third-order valence-electron chi connectivity index (χ3n) is 7.97. The highest BCUT2D eigenvalue weighted by atomic mass is 35.5. The standard InChI is InChI=1S/C26H36N2O.2ClH/c1-18-11-12-22(27)21-15-23-25(3,4)26(5,24(18)21)13-14-28(23)16-19(2)29-17-20-9-7-6-8-10-20;;/h6-12,19,23H,13-17,27H2,1-5H3;2*1H. The number of hydrogen-bond acceptors (Lipinski definition) is 3. The molecule has 1 fully saturated rings. The van der Waals surface area contributed by atoms with E-state index in [2.05, 4.69) is 75.9 Å². The van der Waals surface area contributed by atoms with Crippen LogP contribution in [0.15, 0.2) is 42.5 Å². The Labute approximate surface area is 200 Å². The normalized spacial score (nSPS) is 25.0. The summed E-state index contributed by atoms with van der Waals surface area (Å²) in [5, 5.41) is 0. The number of likely N-dealkylation sites (tertiary alicyclic amines) is 1. The molecule has 2 aromatic rings. The molecule has 3 nitrogen and oxygen atoms in total. The minimum atomic E-state index is 0. The van der Waals surface area contributed by atoms with E-state index in [1.54, 1.807) is 0 Å². The molecule has 31 heavy (non-hydrogen) atoms. The summed E-state index contributed by atoms with van der Waals surface area (Å²) in [6, 6.07) is 15.3. The number of halogens is 2. The van der Waals surface area contributed by atoms with Gasteiger partial charge in [0.15, 0.2) is 0 Å². The third-order valence-corrected chi connectivity index (χ3v) is 7.97. The molecule has 3 unspecified atom stereocenters. The Balaban J connectivity index is 0.00000171. The van der Waals surface area contributed by atoms with Crippen LogP contribution in [0.4, 0.5) is 5.69 Å². The Kier molecular flexibility index (Phi) is 8.14. The molecule has 2 aliphatic rings. The van der Waals surface area contributed by atoms with Crippen molar-refractivity contribution < 1.29 is 4.74 Å². The van der Waals surface area contributed by atoms with Crippen LogP contribution in [0.5, 0.6) is 0 Å². The molecule has 2 aromatic carbocycles. The van der Waals surface area contributed by atoms with E-state index in [1.807, 2.05) is 6.07 Å². The lowest BCUT2D eigenvalue weighted by molar-refractivity contribution is -0.0649. The summed E-state index contributed by atoms with van der Waals surface area (Å²) < 4.78 is 6.21. The fourth-order valence-electron chi connectivity index (χ4n) is 5.88. The molecule has 4 rings (SSSR count). The van der Waals surface area contributed by atoms with Gasteiger partial charge in [-0.3, -0.25) is 4.90 Å². The minimum absolute atomic E-state index is 0. The summed E-state index contributed by atoms with van der Waals surface area (Å²) in [6.45, 7) is 14.6. The number of ether oxygens (including phenoxy) is 1. The second-order valence-electron chi connectivity index (χ2n) is 9.95. The van der Waals surface area contributed by atoms with Gasteiger partial charge in [-0.25, -0.2) is 0 Å². The molecule has 1 saturated heterocycles. The minimum Gasteiger partial charge on any atom is -0.398 e. The van der Waals surface area contributed by atoms with Crippen molar-refractivity contribution in [3.63, 3.8) is 0 Å². The number of nitrogens with zero attached hydrogens (tertiary/aromatic N) is 1. The molecule has 1 heterocycles. The summed E-state index contributed by atoms with van der Waals surface area (Å²) in [5.74, 6) is 0. The fraction of sp³-hybridized carbons (Fsp3) is 0.538. The van der Waals surface area contributed by atoms with E-state index in [0.29, 0.717) is 12.6 Å². The van der Waals surface area contributed by atoms with Crippen LogP contribution in [0, 0.1) is 12.3 Å². The Morgan fingerprint density at radius 1 is 1.10 bits per heavy atom. The van der Waals surface area contributed by atoms with Gasteiger partial charge in [-0.1, -0.05) is 57.2 Å². The molecule has 3 atom stereocenters. The molecule has 172 valence electrons. The zero-order valence-corrected chi connectivity index (χ0v) is 21.1. The fourth-order valence-corrected chi connectivity index (χ4v) is 5.88. The smallest absolute Gasteiger partial charge is 0.0721 e. The predicted molar refractivity (Wildman–Crippen MR) is 136 cm³/mol. The molecule has 0 radical (unpaired) electrons. The molecule has 1 aliphatic heterocycles. The van der Waals surface area contributed by atoms with Crippen LogP contribution in [0.1, 0.15) is 56.4 Å². The Bertz CT molecular complexity index is 886. The Hall–Kier alpha value is -1.26.